The number of sulfonamides is 1. The first kappa shape index (κ1) is 26.6. The molecule has 180 valence electrons. The number of hydrogen-bond acceptors (Lipinski definition) is 4. The smallest absolute Gasteiger partial charge is 0.244 e. The Morgan fingerprint density at radius 2 is 1.76 bits per heavy atom. The summed E-state index contributed by atoms with van der Waals surface area (Å²) < 4.78 is 39.4. The van der Waals surface area contributed by atoms with Crippen LogP contribution in [0, 0.1) is 11.7 Å². The molecule has 2 rings (SSSR count). The minimum atomic E-state index is -3.91. The molecule has 0 fully saturated rings. The van der Waals surface area contributed by atoms with E-state index in [1.165, 1.54) is 23.1 Å². The molecule has 10 heteroatoms. The molecule has 0 aliphatic carbocycles. The average Bonchev–Trinajstić information content (AvgIpc) is 2.72. The number of nitrogens with one attached hydrogen (secondary N) is 1. The number of halogens is 2. The molecular formula is C23H29ClFN3O4S. The van der Waals surface area contributed by atoms with Crippen molar-refractivity contribution in [1.29, 1.82) is 0 Å². The van der Waals surface area contributed by atoms with Gasteiger partial charge in [0.15, 0.2) is 0 Å². The van der Waals surface area contributed by atoms with Gasteiger partial charge >= 0.3 is 0 Å². The highest BCUT2D eigenvalue weighted by atomic mass is 35.5. The molecule has 1 atom stereocenters. The number of anilines is 1. The first-order valence-corrected chi connectivity index (χ1v) is 12.7. The summed E-state index contributed by atoms with van der Waals surface area (Å²) in [6.07, 6.45) is 0.936. The molecule has 0 unspecified atom stereocenters. The van der Waals surface area contributed by atoms with Crippen LogP contribution in [0.4, 0.5) is 10.1 Å². The summed E-state index contributed by atoms with van der Waals surface area (Å²) in [4.78, 5) is 27.4. The Bertz CT molecular complexity index is 1090. The Balaban J connectivity index is 2.36. The summed E-state index contributed by atoms with van der Waals surface area (Å²) in [5, 5.41) is 3.26. The maximum atomic E-state index is 13.7. The first-order valence-electron chi connectivity index (χ1n) is 10.4. The lowest BCUT2D eigenvalue weighted by atomic mass is 10.1. The van der Waals surface area contributed by atoms with Crippen LogP contribution in [-0.4, -0.2) is 50.5 Å². The molecule has 7 nitrogen and oxygen atoms in total. The Morgan fingerprint density at radius 3 is 2.33 bits per heavy atom. The SMILES string of the molecule is CC(C)CNC(=O)[C@H](C)N(Cc1cccc(Cl)c1)C(=O)CN(c1cccc(F)c1)S(C)(=O)=O. The molecule has 0 aromatic heterocycles. The van der Waals surface area contributed by atoms with Gasteiger partial charge in [-0.05, 0) is 48.7 Å². The van der Waals surface area contributed by atoms with Crippen LogP contribution in [0.1, 0.15) is 26.3 Å². The van der Waals surface area contributed by atoms with Gasteiger partial charge in [-0.15, -0.1) is 0 Å². The predicted octanol–water partition coefficient (Wildman–Crippen LogP) is 3.43. The molecule has 0 saturated heterocycles. The molecule has 0 aliphatic rings. The molecule has 0 saturated carbocycles. The standard InChI is InChI=1S/C23H29ClFN3O4S/c1-16(2)13-26-23(30)17(3)27(14-18-7-5-8-19(24)11-18)22(29)15-28(33(4,31)32)21-10-6-9-20(25)12-21/h5-12,16-17H,13-15H2,1-4H3,(H,26,30)/t17-/m0/s1. The van der Waals surface area contributed by atoms with E-state index >= 15 is 0 Å². The molecule has 2 aromatic rings. The van der Waals surface area contributed by atoms with Gasteiger partial charge in [-0.2, -0.15) is 0 Å². The molecule has 0 aliphatic heterocycles. The summed E-state index contributed by atoms with van der Waals surface area (Å²) in [5.41, 5.74) is 0.696. The van der Waals surface area contributed by atoms with Crippen LogP contribution in [0.25, 0.3) is 0 Å². The molecule has 1 N–H and O–H groups in total. The van der Waals surface area contributed by atoms with Crippen LogP contribution in [0.15, 0.2) is 48.5 Å². The number of carbonyl (C=O) groups is 2. The van der Waals surface area contributed by atoms with Crippen LogP contribution < -0.4 is 9.62 Å². The van der Waals surface area contributed by atoms with E-state index in [4.69, 9.17) is 11.6 Å². The van der Waals surface area contributed by atoms with E-state index in [0.717, 1.165) is 16.6 Å². The van der Waals surface area contributed by atoms with Crippen molar-refractivity contribution in [2.45, 2.75) is 33.4 Å². The lowest BCUT2D eigenvalue weighted by Gasteiger charge is -2.31. The summed E-state index contributed by atoms with van der Waals surface area (Å²) in [6.45, 7) is 5.35. The van der Waals surface area contributed by atoms with E-state index in [9.17, 15) is 22.4 Å². The summed E-state index contributed by atoms with van der Waals surface area (Å²) >= 11 is 6.07. The molecule has 0 heterocycles. The number of nitrogens with zero attached hydrogens (tertiary/aromatic N) is 2. The fourth-order valence-electron chi connectivity index (χ4n) is 3.11. The van der Waals surface area contributed by atoms with Crippen LogP contribution in [-0.2, 0) is 26.2 Å². The quantitative estimate of drug-likeness (QED) is 0.544. The fourth-order valence-corrected chi connectivity index (χ4v) is 4.17. The molecule has 2 amide bonds. The fraction of sp³-hybridized carbons (Fsp3) is 0.391. The van der Waals surface area contributed by atoms with Crippen molar-refractivity contribution < 1.29 is 22.4 Å². The number of amides is 2. The Morgan fingerprint density at radius 1 is 1.09 bits per heavy atom. The average molecular weight is 498 g/mol. The Hall–Kier alpha value is -2.65. The zero-order valence-corrected chi connectivity index (χ0v) is 20.7. The zero-order chi connectivity index (χ0) is 24.8. The maximum Gasteiger partial charge on any atom is 0.244 e. The molecule has 33 heavy (non-hydrogen) atoms. The van der Waals surface area contributed by atoms with Crippen molar-refractivity contribution in [3.63, 3.8) is 0 Å². The van der Waals surface area contributed by atoms with Crippen LogP contribution in [0.2, 0.25) is 5.02 Å². The number of benzene rings is 2. The second-order valence-corrected chi connectivity index (χ2v) is 10.6. The highest BCUT2D eigenvalue weighted by Gasteiger charge is 2.30. The van der Waals surface area contributed by atoms with Gasteiger partial charge in [0.05, 0.1) is 11.9 Å². The monoisotopic (exact) mass is 497 g/mol. The van der Waals surface area contributed by atoms with E-state index < -0.39 is 34.3 Å². The number of hydrogen-bond donors (Lipinski definition) is 1. The van der Waals surface area contributed by atoms with Gasteiger partial charge in [-0.3, -0.25) is 13.9 Å². The van der Waals surface area contributed by atoms with E-state index in [-0.39, 0.29) is 24.1 Å². The summed E-state index contributed by atoms with van der Waals surface area (Å²) in [7, 11) is -3.91. The van der Waals surface area contributed by atoms with E-state index in [1.807, 2.05) is 13.8 Å². The minimum Gasteiger partial charge on any atom is -0.354 e. The third-order valence-electron chi connectivity index (χ3n) is 4.87. The van der Waals surface area contributed by atoms with Crippen molar-refractivity contribution >= 4 is 39.1 Å². The van der Waals surface area contributed by atoms with Crippen LogP contribution in [0.3, 0.4) is 0 Å². The van der Waals surface area contributed by atoms with E-state index in [0.29, 0.717) is 17.1 Å². The van der Waals surface area contributed by atoms with Gasteiger partial charge in [-0.1, -0.05) is 43.6 Å². The van der Waals surface area contributed by atoms with Gasteiger partial charge in [0.1, 0.15) is 18.4 Å². The summed E-state index contributed by atoms with van der Waals surface area (Å²) in [5.74, 6) is -1.40. The van der Waals surface area contributed by atoms with Gasteiger partial charge < -0.3 is 10.2 Å². The largest absolute Gasteiger partial charge is 0.354 e. The number of carbonyl (C=O) groups excluding carboxylic acids is 2. The Kier molecular flexibility index (Phi) is 9.25. The zero-order valence-electron chi connectivity index (χ0n) is 19.1. The van der Waals surface area contributed by atoms with Crippen LogP contribution in [0.5, 0.6) is 0 Å². The van der Waals surface area contributed by atoms with Crippen molar-refractivity contribution in [1.82, 2.24) is 10.2 Å². The van der Waals surface area contributed by atoms with Gasteiger partial charge in [-0.25, -0.2) is 12.8 Å². The molecule has 0 radical (unpaired) electrons. The molecule has 2 aromatic carbocycles. The third kappa shape index (κ3) is 8.01. The first-order chi connectivity index (χ1) is 15.4. The maximum absolute atomic E-state index is 13.7. The van der Waals surface area contributed by atoms with Gasteiger partial charge in [0.25, 0.3) is 0 Å². The minimum absolute atomic E-state index is 0.0190. The number of rotatable bonds is 10. The molecule has 0 bridgehead atoms. The second kappa shape index (κ2) is 11.5. The normalized spacial score (nSPS) is 12.3. The van der Waals surface area contributed by atoms with Crippen molar-refractivity contribution in [2.24, 2.45) is 5.92 Å². The van der Waals surface area contributed by atoms with E-state index in [1.54, 1.807) is 31.2 Å². The van der Waals surface area contributed by atoms with Crippen molar-refractivity contribution in [2.75, 3.05) is 23.7 Å². The van der Waals surface area contributed by atoms with Gasteiger partial charge in [0, 0.05) is 18.1 Å². The highest BCUT2D eigenvalue weighted by Crippen LogP contribution is 2.20. The van der Waals surface area contributed by atoms with Crippen LogP contribution >= 0.6 is 11.6 Å². The van der Waals surface area contributed by atoms with Crippen molar-refractivity contribution in [3.8, 4) is 0 Å². The topological polar surface area (TPSA) is 86.8 Å². The lowest BCUT2D eigenvalue weighted by molar-refractivity contribution is -0.139. The van der Waals surface area contributed by atoms with E-state index in [2.05, 4.69) is 5.32 Å². The Labute approximate surface area is 199 Å². The molecular weight excluding hydrogens is 469 g/mol. The molecule has 0 spiro atoms. The third-order valence-corrected chi connectivity index (χ3v) is 6.24. The van der Waals surface area contributed by atoms with Crippen molar-refractivity contribution in [3.05, 3.63) is 64.9 Å². The van der Waals surface area contributed by atoms with Gasteiger partial charge in [0.2, 0.25) is 21.8 Å². The summed E-state index contributed by atoms with van der Waals surface area (Å²) in [6, 6.07) is 10.9. The lowest BCUT2D eigenvalue weighted by Crippen LogP contribution is -2.51. The predicted molar refractivity (Wildman–Crippen MR) is 128 cm³/mol. The highest BCUT2D eigenvalue weighted by molar-refractivity contribution is 7.92. The second-order valence-electron chi connectivity index (χ2n) is 8.22.